The number of aryl methyl sites for hydroxylation is 1. The standard InChI is InChI=1S/C12H16N2O4/c1-4-17-11(15)10(12(16)18-5-2)9-7-6-8(3)13-14-9/h6-7,10H,4-5H2,1-3H3. The number of carbonyl (C=O) groups is 2. The molecule has 18 heavy (non-hydrogen) atoms. The fraction of sp³-hybridized carbons (Fsp3) is 0.500. The van der Waals surface area contributed by atoms with Crippen LogP contribution >= 0.6 is 0 Å². The molecule has 1 rings (SSSR count). The third kappa shape index (κ3) is 3.51. The van der Waals surface area contributed by atoms with E-state index in [0.717, 1.165) is 0 Å². The summed E-state index contributed by atoms with van der Waals surface area (Å²) < 4.78 is 9.70. The maximum absolute atomic E-state index is 11.8. The van der Waals surface area contributed by atoms with Gasteiger partial charge < -0.3 is 9.47 Å². The second kappa shape index (κ2) is 6.68. The second-order valence-electron chi connectivity index (χ2n) is 3.54. The first-order chi connectivity index (χ1) is 8.60. The van der Waals surface area contributed by atoms with Crippen LogP contribution in [0.25, 0.3) is 0 Å². The Kier molecular flexibility index (Phi) is 5.23. The highest BCUT2D eigenvalue weighted by molar-refractivity contribution is 6.00. The lowest BCUT2D eigenvalue weighted by Gasteiger charge is -2.13. The summed E-state index contributed by atoms with van der Waals surface area (Å²) in [4.78, 5) is 23.5. The zero-order chi connectivity index (χ0) is 13.5. The van der Waals surface area contributed by atoms with Crippen molar-refractivity contribution < 1.29 is 19.1 Å². The largest absolute Gasteiger partial charge is 0.465 e. The number of ether oxygens (including phenoxy) is 2. The van der Waals surface area contributed by atoms with Crippen molar-refractivity contribution >= 4 is 11.9 Å². The summed E-state index contributed by atoms with van der Waals surface area (Å²) >= 11 is 0. The van der Waals surface area contributed by atoms with E-state index in [1.165, 1.54) is 0 Å². The molecule has 0 aliphatic rings. The molecule has 6 nitrogen and oxygen atoms in total. The van der Waals surface area contributed by atoms with Crippen molar-refractivity contribution in [2.45, 2.75) is 26.7 Å². The summed E-state index contributed by atoms with van der Waals surface area (Å²) in [6.45, 7) is 5.48. The maximum Gasteiger partial charge on any atom is 0.326 e. The maximum atomic E-state index is 11.8. The van der Waals surface area contributed by atoms with Crippen molar-refractivity contribution in [1.82, 2.24) is 10.2 Å². The van der Waals surface area contributed by atoms with Crippen LogP contribution in [0, 0.1) is 6.92 Å². The topological polar surface area (TPSA) is 78.4 Å². The highest BCUT2D eigenvalue weighted by Gasteiger charge is 2.33. The molecule has 0 atom stereocenters. The normalized spacial score (nSPS) is 10.2. The van der Waals surface area contributed by atoms with E-state index in [9.17, 15) is 9.59 Å². The lowest BCUT2D eigenvalue weighted by Crippen LogP contribution is -2.27. The van der Waals surface area contributed by atoms with Crippen LogP contribution in [-0.2, 0) is 19.1 Å². The predicted molar refractivity (Wildman–Crippen MR) is 62.8 cm³/mol. The molecule has 0 aliphatic carbocycles. The Labute approximate surface area is 105 Å². The number of hydrogen-bond donors (Lipinski definition) is 0. The van der Waals surface area contributed by atoms with E-state index in [4.69, 9.17) is 9.47 Å². The van der Waals surface area contributed by atoms with Gasteiger partial charge in [-0.2, -0.15) is 10.2 Å². The van der Waals surface area contributed by atoms with Gasteiger partial charge in [0.2, 0.25) is 0 Å². The average Bonchev–Trinajstić information content (AvgIpc) is 2.33. The van der Waals surface area contributed by atoms with Gasteiger partial charge in [0.25, 0.3) is 0 Å². The molecule has 0 amide bonds. The number of hydrogen-bond acceptors (Lipinski definition) is 6. The van der Waals surface area contributed by atoms with E-state index < -0.39 is 17.9 Å². The predicted octanol–water partition coefficient (Wildman–Crippen LogP) is 0.995. The van der Waals surface area contributed by atoms with E-state index in [1.807, 2.05) is 0 Å². The minimum absolute atomic E-state index is 0.189. The van der Waals surface area contributed by atoms with Crippen molar-refractivity contribution in [2.75, 3.05) is 13.2 Å². The van der Waals surface area contributed by atoms with E-state index in [0.29, 0.717) is 5.69 Å². The molecule has 0 aromatic carbocycles. The lowest BCUT2D eigenvalue weighted by atomic mass is 10.1. The van der Waals surface area contributed by atoms with Gasteiger partial charge in [0, 0.05) is 0 Å². The van der Waals surface area contributed by atoms with Gasteiger partial charge in [-0.05, 0) is 32.9 Å². The van der Waals surface area contributed by atoms with Gasteiger partial charge in [0.15, 0.2) is 5.92 Å². The van der Waals surface area contributed by atoms with Gasteiger partial charge in [0.05, 0.1) is 24.6 Å². The summed E-state index contributed by atoms with van der Waals surface area (Å²) in [5, 5.41) is 7.65. The average molecular weight is 252 g/mol. The molecule has 0 fully saturated rings. The first kappa shape index (κ1) is 14.1. The molecular weight excluding hydrogens is 236 g/mol. The molecule has 0 spiro atoms. The molecule has 0 saturated carbocycles. The Morgan fingerprint density at radius 1 is 1.11 bits per heavy atom. The zero-order valence-electron chi connectivity index (χ0n) is 10.7. The van der Waals surface area contributed by atoms with Crippen LogP contribution < -0.4 is 0 Å². The molecule has 6 heteroatoms. The molecule has 0 N–H and O–H groups in total. The van der Waals surface area contributed by atoms with Crippen LogP contribution in [0.1, 0.15) is 31.2 Å². The van der Waals surface area contributed by atoms with Gasteiger partial charge in [-0.15, -0.1) is 0 Å². The van der Waals surface area contributed by atoms with E-state index >= 15 is 0 Å². The molecule has 0 radical (unpaired) electrons. The Hall–Kier alpha value is -1.98. The summed E-state index contributed by atoms with van der Waals surface area (Å²) in [5.41, 5.74) is 0.933. The first-order valence-electron chi connectivity index (χ1n) is 5.73. The SMILES string of the molecule is CCOC(=O)C(C(=O)OCC)c1ccc(C)nn1. The zero-order valence-corrected chi connectivity index (χ0v) is 10.7. The van der Waals surface area contributed by atoms with Crippen LogP contribution in [0.5, 0.6) is 0 Å². The fourth-order valence-corrected chi connectivity index (χ4v) is 1.35. The molecule has 0 aliphatic heterocycles. The molecule has 0 saturated heterocycles. The molecule has 1 heterocycles. The van der Waals surface area contributed by atoms with E-state index in [-0.39, 0.29) is 18.9 Å². The second-order valence-corrected chi connectivity index (χ2v) is 3.54. The highest BCUT2D eigenvalue weighted by Crippen LogP contribution is 2.17. The van der Waals surface area contributed by atoms with Crippen LogP contribution in [0.3, 0.4) is 0 Å². The number of nitrogens with zero attached hydrogens (tertiary/aromatic N) is 2. The molecule has 1 aromatic rings. The Balaban J connectivity index is 2.99. The minimum atomic E-state index is -1.17. The summed E-state index contributed by atoms with van der Waals surface area (Å²) in [5.74, 6) is -2.51. The highest BCUT2D eigenvalue weighted by atomic mass is 16.6. The molecule has 1 aromatic heterocycles. The van der Waals surface area contributed by atoms with Crippen molar-refractivity contribution in [1.29, 1.82) is 0 Å². The molecular formula is C12H16N2O4. The Bertz CT molecular complexity index is 399. The third-order valence-electron chi connectivity index (χ3n) is 2.16. The first-order valence-corrected chi connectivity index (χ1v) is 5.73. The van der Waals surface area contributed by atoms with Crippen molar-refractivity contribution in [3.63, 3.8) is 0 Å². The summed E-state index contributed by atoms with van der Waals surface area (Å²) in [6.07, 6.45) is 0. The Morgan fingerprint density at radius 3 is 2.06 bits per heavy atom. The van der Waals surface area contributed by atoms with Crippen molar-refractivity contribution in [2.24, 2.45) is 0 Å². The van der Waals surface area contributed by atoms with Crippen molar-refractivity contribution in [3.8, 4) is 0 Å². The fourth-order valence-electron chi connectivity index (χ4n) is 1.35. The van der Waals surface area contributed by atoms with Crippen LogP contribution in [0.4, 0.5) is 0 Å². The lowest BCUT2D eigenvalue weighted by molar-refractivity contribution is -0.157. The Morgan fingerprint density at radius 2 is 1.67 bits per heavy atom. The minimum Gasteiger partial charge on any atom is -0.465 e. The number of aromatic nitrogens is 2. The molecule has 0 unspecified atom stereocenters. The van der Waals surface area contributed by atoms with Crippen molar-refractivity contribution in [3.05, 3.63) is 23.5 Å². The molecule has 0 bridgehead atoms. The number of rotatable bonds is 5. The van der Waals surface area contributed by atoms with Gasteiger partial charge in [0.1, 0.15) is 0 Å². The van der Waals surface area contributed by atoms with E-state index in [2.05, 4.69) is 10.2 Å². The third-order valence-corrected chi connectivity index (χ3v) is 2.16. The van der Waals surface area contributed by atoms with Crippen LogP contribution in [-0.4, -0.2) is 35.3 Å². The van der Waals surface area contributed by atoms with Gasteiger partial charge in [-0.25, -0.2) is 0 Å². The summed E-state index contributed by atoms with van der Waals surface area (Å²) in [7, 11) is 0. The smallest absolute Gasteiger partial charge is 0.326 e. The van der Waals surface area contributed by atoms with Crippen LogP contribution in [0.15, 0.2) is 12.1 Å². The number of carbonyl (C=O) groups excluding carboxylic acids is 2. The van der Waals surface area contributed by atoms with Gasteiger partial charge in [-0.3, -0.25) is 9.59 Å². The number of esters is 2. The summed E-state index contributed by atoms with van der Waals surface area (Å²) in [6, 6.07) is 3.24. The van der Waals surface area contributed by atoms with Crippen LogP contribution in [0.2, 0.25) is 0 Å². The van der Waals surface area contributed by atoms with Gasteiger partial charge >= 0.3 is 11.9 Å². The van der Waals surface area contributed by atoms with Gasteiger partial charge in [-0.1, -0.05) is 0 Å². The molecule has 98 valence electrons. The quantitative estimate of drug-likeness (QED) is 0.574. The monoisotopic (exact) mass is 252 g/mol. The van der Waals surface area contributed by atoms with E-state index in [1.54, 1.807) is 32.9 Å².